The van der Waals surface area contributed by atoms with Gasteiger partial charge in [-0.25, -0.2) is 0 Å². The van der Waals surface area contributed by atoms with Crippen molar-refractivity contribution >= 4 is 47.2 Å². The van der Waals surface area contributed by atoms with Gasteiger partial charge in [0.05, 0.1) is 26.4 Å². The lowest BCUT2D eigenvalue weighted by Crippen LogP contribution is -2.23. The lowest BCUT2D eigenvalue weighted by molar-refractivity contribution is 0.354. The number of nitrogens with one attached hydrogen (secondary N) is 1. The molecule has 8 heteroatoms. The van der Waals surface area contributed by atoms with Crippen LogP contribution in [-0.2, 0) is 6.42 Å². The lowest BCUT2D eigenvalue weighted by atomic mass is 10.1. The summed E-state index contributed by atoms with van der Waals surface area (Å²) in [6, 6.07) is 11.1. The molecule has 0 saturated heterocycles. The van der Waals surface area contributed by atoms with Crippen LogP contribution >= 0.6 is 35.6 Å². The first-order valence-electron chi connectivity index (χ1n) is 7.68. The van der Waals surface area contributed by atoms with E-state index in [1.54, 1.807) is 33.5 Å². The summed E-state index contributed by atoms with van der Waals surface area (Å²) >= 11 is 6.08. The largest absolute Gasteiger partial charge is 0.495 e. The number of hydrogen-bond acceptors (Lipinski definition) is 4. The van der Waals surface area contributed by atoms with Crippen molar-refractivity contribution in [3.05, 3.63) is 47.0 Å². The molecule has 2 rings (SSSR count). The Morgan fingerprint density at radius 3 is 2.27 bits per heavy atom. The fraction of sp³-hybridized carbons (Fsp3) is 0.278. The molecule has 0 unspecified atom stereocenters. The van der Waals surface area contributed by atoms with E-state index < -0.39 is 0 Å². The van der Waals surface area contributed by atoms with Crippen molar-refractivity contribution < 1.29 is 14.2 Å². The fourth-order valence-electron chi connectivity index (χ4n) is 2.27. The maximum atomic E-state index is 6.08. The van der Waals surface area contributed by atoms with Crippen LogP contribution in [0.15, 0.2) is 41.4 Å². The molecule has 0 bridgehead atoms. The van der Waals surface area contributed by atoms with E-state index in [1.807, 2.05) is 24.3 Å². The molecule has 2 aromatic rings. The average Bonchev–Trinajstić information content (AvgIpc) is 2.61. The lowest BCUT2D eigenvalue weighted by Gasteiger charge is -2.10. The molecule has 2 aromatic carbocycles. The summed E-state index contributed by atoms with van der Waals surface area (Å²) in [6.07, 6.45) is 0.728. The van der Waals surface area contributed by atoms with Crippen molar-refractivity contribution in [1.29, 1.82) is 0 Å². The summed E-state index contributed by atoms with van der Waals surface area (Å²) in [5.41, 5.74) is 7.75. The van der Waals surface area contributed by atoms with Gasteiger partial charge < -0.3 is 25.3 Å². The quantitative estimate of drug-likeness (QED) is 0.348. The first-order chi connectivity index (χ1) is 12.1. The van der Waals surface area contributed by atoms with Crippen molar-refractivity contribution in [3.8, 4) is 17.2 Å². The van der Waals surface area contributed by atoms with Gasteiger partial charge in [-0.3, -0.25) is 4.99 Å². The highest BCUT2D eigenvalue weighted by atomic mass is 127. The van der Waals surface area contributed by atoms with Crippen LogP contribution in [0.5, 0.6) is 17.2 Å². The minimum absolute atomic E-state index is 0. The second kappa shape index (κ2) is 11.0. The molecule has 0 atom stereocenters. The summed E-state index contributed by atoms with van der Waals surface area (Å²) in [7, 11) is 4.79. The van der Waals surface area contributed by atoms with Crippen LogP contribution in [0.1, 0.15) is 5.56 Å². The summed E-state index contributed by atoms with van der Waals surface area (Å²) < 4.78 is 15.6. The maximum absolute atomic E-state index is 6.08. The highest BCUT2D eigenvalue weighted by Crippen LogP contribution is 2.28. The second-order valence-corrected chi connectivity index (χ2v) is 5.59. The van der Waals surface area contributed by atoms with E-state index >= 15 is 0 Å². The minimum atomic E-state index is 0. The third-order valence-corrected chi connectivity index (χ3v) is 3.85. The number of rotatable bonds is 7. The number of guanidine groups is 1. The molecule has 0 aliphatic carbocycles. The zero-order valence-electron chi connectivity index (χ0n) is 14.9. The Morgan fingerprint density at radius 2 is 1.65 bits per heavy atom. The molecule has 0 aliphatic rings. The Hall–Kier alpha value is -1.87. The van der Waals surface area contributed by atoms with Crippen molar-refractivity contribution in [2.75, 3.05) is 33.2 Å². The monoisotopic (exact) mass is 491 g/mol. The van der Waals surface area contributed by atoms with E-state index in [4.69, 9.17) is 31.5 Å². The third-order valence-electron chi connectivity index (χ3n) is 3.55. The van der Waals surface area contributed by atoms with Crippen LogP contribution in [0.3, 0.4) is 0 Å². The van der Waals surface area contributed by atoms with Gasteiger partial charge in [0.15, 0.2) is 17.5 Å². The van der Waals surface area contributed by atoms with E-state index in [1.165, 1.54) is 0 Å². The van der Waals surface area contributed by atoms with Crippen LogP contribution in [0.4, 0.5) is 5.69 Å². The number of halogens is 2. The SMILES string of the molecule is COc1ccc(NC(N)=NCCc2ccc(OC)c(OC)c2)cc1Cl.I. The van der Waals surface area contributed by atoms with Gasteiger partial charge in [0, 0.05) is 12.2 Å². The van der Waals surface area contributed by atoms with Crippen molar-refractivity contribution in [2.24, 2.45) is 10.7 Å². The fourth-order valence-corrected chi connectivity index (χ4v) is 2.53. The standard InChI is InChI=1S/C18H22ClN3O3.HI/c1-23-15-7-5-13(11-14(15)19)22-18(20)21-9-8-12-4-6-16(24-2)17(10-12)25-3;/h4-7,10-11H,8-9H2,1-3H3,(H3,20,21,22);1H. The van der Waals surface area contributed by atoms with E-state index in [-0.39, 0.29) is 24.0 Å². The smallest absolute Gasteiger partial charge is 0.193 e. The predicted molar refractivity (Wildman–Crippen MR) is 117 cm³/mol. The summed E-state index contributed by atoms with van der Waals surface area (Å²) in [6.45, 7) is 0.540. The van der Waals surface area contributed by atoms with Crippen molar-refractivity contribution in [3.63, 3.8) is 0 Å². The van der Waals surface area contributed by atoms with Crippen molar-refractivity contribution in [2.45, 2.75) is 6.42 Å². The molecule has 0 fully saturated rings. The molecule has 0 radical (unpaired) electrons. The van der Waals surface area contributed by atoms with Crippen LogP contribution < -0.4 is 25.3 Å². The number of hydrogen-bond donors (Lipinski definition) is 2. The minimum Gasteiger partial charge on any atom is -0.495 e. The first-order valence-corrected chi connectivity index (χ1v) is 8.06. The Kier molecular flexibility index (Phi) is 9.36. The number of ether oxygens (including phenoxy) is 3. The molecule has 0 spiro atoms. The van der Waals surface area contributed by atoms with E-state index in [2.05, 4.69) is 10.3 Å². The van der Waals surface area contributed by atoms with Gasteiger partial charge in [0.1, 0.15) is 5.75 Å². The molecular formula is C18H23ClIN3O3. The Morgan fingerprint density at radius 1 is 1.00 bits per heavy atom. The zero-order valence-corrected chi connectivity index (χ0v) is 18.0. The van der Waals surface area contributed by atoms with E-state index in [0.29, 0.717) is 34.8 Å². The summed E-state index contributed by atoms with van der Waals surface area (Å²) in [4.78, 5) is 4.32. The molecule has 0 aliphatic heterocycles. The highest BCUT2D eigenvalue weighted by Gasteiger charge is 2.05. The summed E-state index contributed by atoms with van der Waals surface area (Å²) in [5.74, 6) is 2.33. The third kappa shape index (κ3) is 6.14. The number of benzene rings is 2. The van der Waals surface area contributed by atoms with Crippen LogP contribution in [-0.4, -0.2) is 33.8 Å². The second-order valence-electron chi connectivity index (χ2n) is 5.18. The van der Waals surface area contributed by atoms with Crippen LogP contribution in [0.25, 0.3) is 0 Å². The molecule has 0 amide bonds. The Bertz CT molecular complexity index is 756. The van der Waals surface area contributed by atoms with Crippen LogP contribution in [0.2, 0.25) is 5.02 Å². The zero-order chi connectivity index (χ0) is 18.2. The average molecular weight is 492 g/mol. The van der Waals surface area contributed by atoms with Gasteiger partial charge in [-0.15, -0.1) is 24.0 Å². The Balaban J connectivity index is 0.00000338. The van der Waals surface area contributed by atoms with Gasteiger partial charge in [0.25, 0.3) is 0 Å². The highest BCUT2D eigenvalue weighted by molar-refractivity contribution is 14.0. The summed E-state index contributed by atoms with van der Waals surface area (Å²) in [5, 5.41) is 3.51. The van der Waals surface area contributed by atoms with Gasteiger partial charge in [0.2, 0.25) is 0 Å². The molecule has 6 nitrogen and oxygen atoms in total. The topological polar surface area (TPSA) is 78.1 Å². The molecule has 0 saturated carbocycles. The molecule has 0 aromatic heterocycles. The normalized spacial score (nSPS) is 10.7. The van der Waals surface area contributed by atoms with Crippen LogP contribution in [0, 0.1) is 0 Å². The van der Waals surface area contributed by atoms with Crippen molar-refractivity contribution in [1.82, 2.24) is 0 Å². The molecular weight excluding hydrogens is 469 g/mol. The van der Waals surface area contributed by atoms with E-state index in [9.17, 15) is 0 Å². The number of aliphatic imine (C=N–C) groups is 1. The molecule has 3 N–H and O–H groups in total. The van der Waals surface area contributed by atoms with Gasteiger partial charge in [-0.05, 0) is 42.3 Å². The predicted octanol–water partition coefficient (Wildman–Crippen LogP) is 3.95. The number of methoxy groups -OCH3 is 3. The number of nitrogens with zero attached hydrogens (tertiary/aromatic N) is 1. The molecule has 26 heavy (non-hydrogen) atoms. The van der Waals surface area contributed by atoms with Gasteiger partial charge in [-0.2, -0.15) is 0 Å². The number of anilines is 1. The molecule has 0 heterocycles. The maximum Gasteiger partial charge on any atom is 0.193 e. The van der Waals surface area contributed by atoms with Gasteiger partial charge >= 0.3 is 0 Å². The molecule has 142 valence electrons. The van der Waals surface area contributed by atoms with Gasteiger partial charge in [-0.1, -0.05) is 17.7 Å². The first kappa shape index (κ1) is 22.2. The Labute approximate surface area is 175 Å². The number of nitrogens with two attached hydrogens (primary N) is 1. The van der Waals surface area contributed by atoms with E-state index in [0.717, 1.165) is 17.7 Å².